The average Bonchev–Trinajstić information content (AvgIpc) is 3.22. The fraction of sp³-hybridized carbons (Fsp3) is 0.588. The van der Waals surface area contributed by atoms with Crippen LogP contribution >= 0.6 is 0 Å². The predicted octanol–water partition coefficient (Wildman–Crippen LogP) is 2.98. The van der Waals surface area contributed by atoms with Crippen molar-refractivity contribution in [3.8, 4) is 0 Å². The van der Waals surface area contributed by atoms with Gasteiger partial charge in [0, 0.05) is 25.7 Å². The lowest BCUT2D eigenvalue weighted by Crippen LogP contribution is -2.26. The molecule has 0 aliphatic heterocycles. The molecular weight excluding hydrogens is 246 g/mol. The first-order chi connectivity index (χ1) is 9.69. The van der Waals surface area contributed by atoms with Crippen molar-refractivity contribution in [3.63, 3.8) is 0 Å². The van der Waals surface area contributed by atoms with E-state index < -0.39 is 0 Å². The summed E-state index contributed by atoms with van der Waals surface area (Å²) in [5.74, 6) is 0.677. The molecule has 1 aromatic rings. The smallest absolute Gasteiger partial charge is 0.0548 e. The Morgan fingerprint density at radius 3 is 2.80 bits per heavy atom. The molecule has 1 heterocycles. The summed E-state index contributed by atoms with van der Waals surface area (Å²) in [6.07, 6.45) is 4.64. The lowest BCUT2D eigenvalue weighted by molar-refractivity contribution is 0.280. The SMILES string of the molecule is C=CCN(Cc1cccc(CNCC(C)C)n1)C1CC1. The summed E-state index contributed by atoms with van der Waals surface area (Å²) in [6.45, 7) is 12.1. The molecule has 1 N–H and O–H groups in total. The van der Waals surface area contributed by atoms with Crippen LogP contribution in [0, 0.1) is 5.92 Å². The molecule has 1 aliphatic rings. The molecule has 3 heteroatoms. The molecule has 0 radical (unpaired) electrons. The minimum atomic E-state index is 0.677. The van der Waals surface area contributed by atoms with Gasteiger partial charge in [-0.25, -0.2) is 0 Å². The normalized spacial score (nSPS) is 15.0. The Labute approximate surface area is 123 Å². The maximum atomic E-state index is 4.76. The number of rotatable bonds is 9. The van der Waals surface area contributed by atoms with Gasteiger partial charge in [-0.2, -0.15) is 0 Å². The molecule has 0 aromatic carbocycles. The summed E-state index contributed by atoms with van der Waals surface area (Å²) in [5, 5.41) is 3.45. The first-order valence-electron chi connectivity index (χ1n) is 7.69. The van der Waals surface area contributed by atoms with Crippen molar-refractivity contribution in [2.45, 2.75) is 45.8 Å². The summed E-state index contributed by atoms with van der Waals surface area (Å²) in [6, 6.07) is 7.10. The van der Waals surface area contributed by atoms with Gasteiger partial charge < -0.3 is 5.32 Å². The van der Waals surface area contributed by atoms with E-state index in [0.29, 0.717) is 5.92 Å². The van der Waals surface area contributed by atoms with Gasteiger partial charge in [-0.1, -0.05) is 26.0 Å². The van der Waals surface area contributed by atoms with E-state index in [1.165, 1.54) is 18.5 Å². The third kappa shape index (κ3) is 5.06. The van der Waals surface area contributed by atoms with E-state index in [9.17, 15) is 0 Å². The van der Waals surface area contributed by atoms with Crippen LogP contribution in [0.5, 0.6) is 0 Å². The largest absolute Gasteiger partial charge is 0.311 e. The second-order valence-corrected chi connectivity index (χ2v) is 6.09. The molecule has 1 saturated carbocycles. The van der Waals surface area contributed by atoms with Crippen molar-refractivity contribution < 1.29 is 0 Å². The third-order valence-electron chi connectivity index (χ3n) is 3.52. The van der Waals surface area contributed by atoms with Gasteiger partial charge in [0.15, 0.2) is 0 Å². The molecule has 3 nitrogen and oxygen atoms in total. The number of pyridine rings is 1. The van der Waals surface area contributed by atoms with Gasteiger partial charge in [-0.3, -0.25) is 9.88 Å². The van der Waals surface area contributed by atoms with Gasteiger partial charge in [-0.05, 0) is 37.4 Å². The van der Waals surface area contributed by atoms with E-state index in [1.807, 2.05) is 6.08 Å². The van der Waals surface area contributed by atoms with E-state index in [4.69, 9.17) is 4.98 Å². The van der Waals surface area contributed by atoms with Crippen LogP contribution in [-0.2, 0) is 13.1 Å². The highest BCUT2D eigenvalue weighted by molar-refractivity contribution is 5.12. The Morgan fingerprint density at radius 2 is 2.15 bits per heavy atom. The summed E-state index contributed by atoms with van der Waals surface area (Å²) in [7, 11) is 0. The maximum Gasteiger partial charge on any atom is 0.0548 e. The molecule has 0 saturated heterocycles. The maximum absolute atomic E-state index is 4.76. The molecule has 1 aliphatic carbocycles. The molecule has 20 heavy (non-hydrogen) atoms. The molecule has 2 rings (SSSR count). The molecule has 0 amide bonds. The van der Waals surface area contributed by atoms with Crippen LogP contribution in [0.4, 0.5) is 0 Å². The summed E-state index contributed by atoms with van der Waals surface area (Å²) in [4.78, 5) is 7.24. The molecule has 0 atom stereocenters. The van der Waals surface area contributed by atoms with Crippen molar-refractivity contribution in [1.82, 2.24) is 15.2 Å². The quantitative estimate of drug-likeness (QED) is 0.701. The molecule has 0 unspecified atom stereocenters. The van der Waals surface area contributed by atoms with Crippen LogP contribution < -0.4 is 5.32 Å². The number of hydrogen-bond donors (Lipinski definition) is 1. The Hall–Kier alpha value is -1.19. The Kier molecular flexibility index (Phi) is 5.74. The fourth-order valence-corrected chi connectivity index (χ4v) is 2.36. The molecule has 1 aromatic heterocycles. The second-order valence-electron chi connectivity index (χ2n) is 6.09. The number of aromatic nitrogens is 1. The van der Waals surface area contributed by atoms with Gasteiger partial charge in [0.1, 0.15) is 0 Å². The van der Waals surface area contributed by atoms with E-state index in [2.05, 4.69) is 48.8 Å². The van der Waals surface area contributed by atoms with Gasteiger partial charge in [0.05, 0.1) is 11.4 Å². The zero-order valence-electron chi connectivity index (χ0n) is 12.8. The van der Waals surface area contributed by atoms with Gasteiger partial charge in [0.2, 0.25) is 0 Å². The Balaban J connectivity index is 1.89. The fourth-order valence-electron chi connectivity index (χ4n) is 2.36. The first-order valence-corrected chi connectivity index (χ1v) is 7.69. The second kappa shape index (κ2) is 7.55. The standard InChI is InChI=1S/C17H27N3/c1-4-10-20(17-8-9-17)13-16-7-5-6-15(19-16)12-18-11-14(2)3/h4-7,14,17-18H,1,8-13H2,2-3H3. The zero-order chi connectivity index (χ0) is 14.4. The Bertz CT molecular complexity index is 424. The molecular formula is C17H27N3. The van der Waals surface area contributed by atoms with Crippen LogP contribution in [0.3, 0.4) is 0 Å². The first kappa shape index (κ1) is 15.2. The van der Waals surface area contributed by atoms with E-state index in [1.54, 1.807) is 0 Å². The van der Waals surface area contributed by atoms with Gasteiger partial charge in [0.25, 0.3) is 0 Å². The molecule has 0 spiro atoms. The predicted molar refractivity (Wildman–Crippen MR) is 84.4 cm³/mol. The minimum Gasteiger partial charge on any atom is -0.311 e. The molecule has 0 bridgehead atoms. The van der Waals surface area contributed by atoms with Crippen LogP contribution in [0.1, 0.15) is 38.1 Å². The van der Waals surface area contributed by atoms with E-state index in [0.717, 1.165) is 37.9 Å². The third-order valence-corrected chi connectivity index (χ3v) is 3.52. The topological polar surface area (TPSA) is 28.2 Å². The average molecular weight is 273 g/mol. The van der Waals surface area contributed by atoms with Crippen LogP contribution in [0.25, 0.3) is 0 Å². The van der Waals surface area contributed by atoms with Crippen LogP contribution in [0.2, 0.25) is 0 Å². The van der Waals surface area contributed by atoms with Crippen molar-refractivity contribution in [3.05, 3.63) is 42.2 Å². The lowest BCUT2D eigenvalue weighted by Gasteiger charge is -2.19. The molecule has 110 valence electrons. The minimum absolute atomic E-state index is 0.677. The van der Waals surface area contributed by atoms with E-state index in [-0.39, 0.29) is 0 Å². The molecule has 1 fully saturated rings. The zero-order valence-corrected chi connectivity index (χ0v) is 12.8. The summed E-state index contributed by atoms with van der Waals surface area (Å²) >= 11 is 0. The van der Waals surface area contributed by atoms with Crippen LogP contribution in [0.15, 0.2) is 30.9 Å². The van der Waals surface area contributed by atoms with Crippen LogP contribution in [-0.4, -0.2) is 29.0 Å². The van der Waals surface area contributed by atoms with Gasteiger partial charge in [-0.15, -0.1) is 6.58 Å². The number of nitrogens with one attached hydrogen (secondary N) is 1. The van der Waals surface area contributed by atoms with E-state index >= 15 is 0 Å². The highest BCUT2D eigenvalue weighted by Crippen LogP contribution is 2.27. The van der Waals surface area contributed by atoms with Crippen molar-refractivity contribution in [2.75, 3.05) is 13.1 Å². The summed E-state index contributed by atoms with van der Waals surface area (Å²) < 4.78 is 0. The lowest BCUT2D eigenvalue weighted by atomic mass is 10.2. The monoisotopic (exact) mass is 273 g/mol. The highest BCUT2D eigenvalue weighted by Gasteiger charge is 2.28. The highest BCUT2D eigenvalue weighted by atomic mass is 15.2. The van der Waals surface area contributed by atoms with Crippen molar-refractivity contribution >= 4 is 0 Å². The Morgan fingerprint density at radius 1 is 1.40 bits per heavy atom. The number of hydrogen-bond acceptors (Lipinski definition) is 3. The number of nitrogens with zero attached hydrogens (tertiary/aromatic N) is 2. The van der Waals surface area contributed by atoms with Gasteiger partial charge >= 0.3 is 0 Å². The van der Waals surface area contributed by atoms with Crippen molar-refractivity contribution in [1.29, 1.82) is 0 Å². The van der Waals surface area contributed by atoms with Crippen molar-refractivity contribution in [2.24, 2.45) is 5.92 Å². The summed E-state index contributed by atoms with van der Waals surface area (Å²) in [5.41, 5.74) is 2.31.